The van der Waals surface area contributed by atoms with Crippen molar-refractivity contribution in [2.45, 2.75) is 38.6 Å². The minimum atomic E-state index is -0.383. The van der Waals surface area contributed by atoms with E-state index >= 15 is 0 Å². The number of hydrogen-bond acceptors (Lipinski definition) is 4. The van der Waals surface area contributed by atoms with E-state index in [9.17, 15) is 14.4 Å². The molecular formula is C22H31ClN4O3. The Balaban J connectivity index is 1.50. The number of carbonyl (C=O) groups is 3. The molecule has 0 saturated carbocycles. The fraction of sp³-hybridized carbons (Fsp3) is 0.591. The normalized spacial score (nSPS) is 18.7. The van der Waals surface area contributed by atoms with Gasteiger partial charge in [0.1, 0.15) is 0 Å². The van der Waals surface area contributed by atoms with Crippen LogP contribution in [0.15, 0.2) is 24.3 Å². The molecule has 30 heavy (non-hydrogen) atoms. The van der Waals surface area contributed by atoms with Gasteiger partial charge in [-0.2, -0.15) is 0 Å². The number of nitrogens with one attached hydrogen (secondary N) is 1. The summed E-state index contributed by atoms with van der Waals surface area (Å²) < 4.78 is 0. The van der Waals surface area contributed by atoms with Gasteiger partial charge in [0, 0.05) is 51.2 Å². The van der Waals surface area contributed by atoms with Crippen LogP contribution in [0.25, 0.3) is 0 Å². The Bertz CT molecular complexity index is 741. The molecule has 0 bridgehead atoms. The van der Waals surface area contributed by atoms with Gasteiger partial charge in [-0.25, -0.2) is 0 Å². The molecule has 1 N–H and O–H groups in total. The Morgan fingerprint density at radius 2 is 1.50 bits per heavy atom. The van der Waals surface area contributed by atoms with Gasteiger partial charge in [-0.3, -0.25) is 19.3 Å². The Labute approximate surface area is 183 Å². The smallest absolute Gasteiger partial charge is 0.236 e. The second kappa shape index (κ2) is 10.8. The number of rotatable bonds is 6. The summed E-state index contributed by atoms with van der Waals surface area (Å²) in [6.45, 7) is 6.19. The van der Waals surface area contributed by atoms with Crippen molar-refractivity contribution in [3.05, 3.63) is 34.9 Å². The van der Waals surface area contributed by atoms with E-state index in [2.05, 4.69) is 10.2 Å². The SMILES string of the molecule is CC(=O)NC(CC(=O)N1CCN(CC(=O)N2CCCCC2)CC1)c1ccc(Cl)cc1. The van der Waals surface area contributed by atoms with Crippen molar-refractivity contribution >= 4 is 29.3 Å². The average molecular weight is 435 g/mol. The molecular weight excluding hydrogens is 404 g/mol. The summed E-state index contributed by atoms with van der Waals surface area (Å²) in [5.41, 5.74) is 0.855. The maximum absolute atomic E-state index is 12.9. The van der Waals surface area contributed by atoms with Crippen LogP contribution >= 0.6 is 11.6 Å². The van der Waals surface area contributed by atoms with Gasteiger partial charge in [-0.15, -0.1) is 0 Å². The van der Waals surface area contributed by atoms with Crippen LogP contribution in [-0.2, 0) is 14.4 Å². The molecule has 2 aliphatic heterocycles. The molecule has 3 rings (SSSR count). The predicted octanol–water partition coefficient (Wildman–Crippen LogP) is 2.06. The van der Waals surface area contributed by atoms with Gasteiger partial charge in [-0.05, 0) is 37.0 Å². The molecule has 7 nitrogen and oxygen atoms in total. The van der Waals surface area contributed by atoms with Gasteiger partial charge in [0.15, 0.2) is 0 Å². The van der Waals surface area contributed by atoms with Crippen molar-refractivity contribution in [3.8, 4) is 0 Å². The zero-order chi connectivity index (χ0) is 21.5. The van der Waals surface area contributed by atoms with Crippen LogP contribution in [0.5, 0.6) is 0 Å². The van der Waals surface area contributed by atoms with Crippen LogP contribution in [0.4, 0.5) is 0 Å². The van der Waals surface area contributed by atoms with Gasteiger partial charge in [0.2, 0.25) is 17.7 Å². The minimum absolute atomic E-state index is 0.00528. The van der Waals surface area contributed by atoms with E-state index in [0.717, 1.165) is 31.5 Å². The minimum Gasteiger partial charge on any atom is -0.349 e. The molecule has 2 fully saturated rings. The Kier molecular flexibility index (Phi) is 8.10. The van der Waals surface area contributed by atoms with Crippen LogP contribution in [0.1, 0.15) is 44.2 Å². The van der Waals surface area contributed by atoms with Crippen LogP contribution < -0.4 is 5.32 Å². The fourth-order valence-electron chi connectivity index (χ4n) is 4.09. The molecule has 2 saturated heterocycles. The summed E-state index contributed by atoms with van der Waals surface area (Å²) >= 11 is 5.95. The van der Waals surface area contributed by atoms with Crippen molar-refractivity contribution in [1.82, 2.24) is 20.0 Å². The Morgan fingerprint density at radius 1 is 0.900 bits per heavy atom. The number of halogens is 1. The van der Waals surface area contributed by atoms with E-state index in [-0.39, 0.29) is 30.2 Å². The van der Waals surface area contributed by atoms with Crippen molar-refractivity contribution in [2.24, 2.45) is 0 Å². The molecule has 164 valence electrons. The lowest BCUT2D eigenvalue weighted by atomic mass is 10.0. The maximum atomic E-state index is 12.9. The monoisotopic (exact) mass is 434 g/mol. The highest BCUT2D eigenvalue weighted by Crippen LogP contribution is 2.21. The number of benzene rings is 1. The number of carbonyl (C=O) groups excluding carboxylic acids is 3. The summed E-state index contributed by atoms with van der Waals surface area (Å²) in [5.74, 6) is 0.0254. The molecule has 2 heterocycles. The molecule has 2 aliphatic rings. The quantitative estimate of drug-likeness (QED) is 0.743. The highest BCUT2D eigenvalue weighted by atomic mass is 35.5. The van der Waals surface area contributed by atoms with E-state index < -0.39 is 0 Å². The third-order valence-corrected chi connectivity index (χ3v) is 6.07. The molecule has 1 unspecified atom stereocenters. The number of hydrogen-bond donors (Lipinski definition) is 1. The average Bonchev–Trinajstić information content (AvgIpc) is 2.74. The largest absolute Gasteiger partial charge is 0.349 e. The first kappa shape index (κ1) is 22.6. The second-order valence-electron chi connectivity index (χ2n) is 8.11. The van der Waals surface area contributed by atoms with Crippen LogP contribution in [0.2, 0.25) is 5.02 Å². The molecule has 8 heteroatoms. The lowest BCUT2D eigenvalue weighted by Crippen LogP contribution is -2.52. The number of likely N-dealkylation sites (tertiary alicyclic amines) is 1. The van der Waals surface area contributed by atoms with E-state index in [1.807, 2.05) is 21.9 Å². The van der Waals surface area contributed by atoms with Crippen molar-refractivity contribution in [1.29, 1.82) is 0 Å². The molecule has 1 atom stereocenters. The lowest BCUT2D eigenvalue weighted by Gasteiger charge is -2.36. The van der Waals surface area contributed by atoms with Crippen molar-refractivity contribution < 1.29 is 14.4 Å². The van der Waals surface area contributed by atoms with Gasteiger partial charge in [-0.1, -0.05) is 23.7 Å². The third kappa shape index (κ3) is 6.44. The number of piperidine rings is 1. The van der Waals surface area contributed by atoms with Crippen LogP contribution in [-0.4, -0.2) is 78.2 Å². The molecule has 0 radical (unpaired) electrons. The van der Waals surface area contributed by atoms with E-state index in [1.54, 1.807) is 12.1 Å². The molecule has 0 aromatic heterocycles. The molecule has 1 aromatic rings. The molecule has 0 aliphatic carbocycles. The van der Waals surface area contributed by atoms with Crippen LogP contribution in [0.3, 0.4) is 0 Å². The second-order valence-corrected chi connectivity index (χ2v) is 8.54. The summed E-state index contributed by atoms with van der Waals surface area (Å²) in [5, 5.41) is 3.48. The summed E-state index contributed by atoms with van der Waals surface area (Å²) in [4.78, 5) is 42.9. The number of nitrogens with zero attached hydrogens (tertiary/aromatic N) is 3. The Hall–Kier alpha value is -2.12. The maximum Gasteiger partial charge on any atom is 0.236 e. The van der Waals surface area contributed by atoms with Gasteiger partial charge >= 0.3 is 0 Å². The first-order chi connectivity index (χ1) is 14.4. The third-order valence-electron chi connectivity index (χ3n) is 5.82. The van der Waals surface area contributed by atoms with Crippen molar-refractivity contribution in [3.63, 3.8) is 0 Å². The van der Waals surface area contributed by atoms with Gasteiger partial charge in [0.05, 0.1) is 19.0 Å². The lowest BCUT2D eigenvalue weighted by molar-refractivity contribution is -0.136. The summed E-state index contributed by atoms with van der Waals surface area (Å²) in [6.07, 6.45) is 3.60. The van der Waals surface area contributed by atoms with Gasteiger partial charge < -0.3 is 15.1 Å². The molecule has 1 aromatic carbocycles. The van der Waals surface area contributed by atoms with Crippen LogP contribution in [0, 0.1) is 0 Å². The first-order valence-electron chi connectivity index (χ1n) is 10.7. The number of piperazine rings is 1. The standard InChI is InChI=1S/C22H31ClN4O3/c1-17(28)24-20(18-5-7-19(23)8-6-18)15-21(29)27-13-11-25(12-14-27)16-22(30)26-9-3-2-4-10-26/h5-8,20H,2-4,9-16H2,1H3,(H,24,28). The van der Waals surface area contributed by atoms with Gasteiger partial charge in [0.25, 0.3) is 0 Å². The van der Waals surface area contributed by atoms with Crippen molar-refractivity contribution in [2.75, 3.05) is 45.8 Å². The van der Waals surface area contributed by atoms with E-state index in [0.29, 0.717) is 37.7 Å². The van der Waals surface area contributed by atoms with E-state index in [4.69, 9.17) is 11.6 Å². The predicted molar refractivity (Wildman–Crippen MR) is 116 cm³/mol. The fourth-order valence-corrected chi connectivity index (χ4v) is 4.21. The van der Waals surface area contributed by atoms with E-state index in [1.165, 1.54) is 13.3 Å². The zero-order valence-electron chi connectivity index (χ0n) is 17.6. The summed E-state index contributed by atoms with van der Waals surface area (Å²) in [7, 11) is 0. The molecule has 0 spiro atoms. The highest BCUT2D eigenvalue weighted by molar-refractivity contribution is 6.30. The molecule has 3 amide bonds. The highest BCUT2D eigenvalue weighted by Gasteiger charge is 2.27. The summed E-state index contributed by atoms with van der Waals surface area (Å²) in [6, 6.07) is 6.80. The first-order valence-corrected chi connectivity index (χ1v) is 11.1. The number of amides is 3. The zero-order valence-corrected chi connectivity index (χ0v) is 18.4. The topological polar surface area (TPSA) is 73.0 Å². The Morgan fingerprint density at radius 3 is 2.10 bits per heavy atom.